The fourth-order valence-corrected chi connectivity index (χ4v) is 9.21. The van der Waals surface area contributed by atoms with Crippen LogP contribution in [0.2, 0.25) is 0 Å². The molecule has 0 saturated carbocycles. The van der Waals surface area contributed by atoms with Gasteiger partial charge >= 0.3 is 11.8 Å². The lowest BCUT2D eigenvalue weighted by Gasteiger charge is -2.27. The molecule has 0 radical (unpaired) electrons. The third-order valence-electron chi connectivity index (χ3n) is 11.0. The molecule has 2 aromatic carbocycles. The second-order valence-corrected chi connectivity index (χ2v) is 16.1. The van der Waals surface area contributed by atoms with Crippen LogP contribution in [0.5, 0.6) is 11.3 Å². The Morgan fingerprint density at radius 1 is 0.714 bits per heavy atom. The molecule has 282 valence electrons. The zero-order chi connectivity index (χ0) is 37.8. The lowest BCUT2D eigenvalue weighted by Crippen LogP contribution is -2.29. The zero-order valence-electron chi connectivity index (χ0n) is 30.6. The van der Waals surface area contributed by atoms with Gasteiger partial charge in [0.1, 0.15) is 11.4 Å². The number of aromatic amines is 1. The normalized spacial score (nSPS) is 16.3. The minimum absolute atomic E-state index is 0.0248. The molecule has 2 aliphatic heterocycles. The molecule has 16 heteroatoms. The Hall–Kier alpha value is -5.68. The van der Waals surface area contributed by atoms with Crippen molar-refractivity contribution in [3.05, 3.63) is 110 Å². The number of nitrogens with zero attached hydrogens (tertiary/aromatic N) is 9. The molecule has 10 rings (SSSR count). The van der Waals surface area contributed by atoms with Gasteiger partial charge in [-0.2, -0.15) is 0 Å². The second-order valence-electron chi connectivity index (χ2n) is 14.2. The van der Waals surface area contributed by atoms with Crippen molar-refractivity contribution in [1.29, 1.82) is 0 Å². The first kappa shape index (κ1) is 34.8. The predicted octanol–water partition coefficient (Wildman–Crippen LogP) is 7.21. The fraction of sp³-hybridized carbons (Fsp3) is 0.300. The van der Waals surface area contributed by atoms with Crippen LogP contribution in [0.4, 0.5) is 0 Å². The van der Waals surface area contributed by atoms with Gasteiger partial charge in [-0.05, 0) is 85.3 Å². The molecule has 2 atom stereocenters. The van der Waals surface area contributed by atoms with E-state index in [1.165, 1.54) is 32.7 Å². The number of nitrogens with one attached hydrogen (secondary N) is 1. The van der Waals surface area contributed by atoms with Crippen LogP contribution in [0.1, 0.15) is 59.6 Å². The summed E-state index contributed by atoms with van der Waals surface area (Å²) < 4.78 is 19.3. The van der Waals surface area contributed by atoms with Crippen LogP contribution < -0.4 is 10.5 Å². The fourth-order valence-electron chi connectivity index (χ4n) is 7.76. The molecule has 1 N–H and O–H groups in total. The van der Waals surface area contributed by atoms with Gasteiger partial charge in [0.2, 0.25) is 0 Å². The molecule has 8 heterocycles. The van der Waals surface area contributed by atoms with E-state index in [0.29, 0.717) is 22.5 Å². The van der Waals surface area contributed by atoms with E-state index in [1.54, 1.807) is 11.3 Å². The van der Waals surface area contributed by atoms with Gasteiger partial charge in [-0.3, -0.25) is 9.80 Å². The van der Waals surface area contributed by atoms with Crippen molar-refractivity contribution in [1.82, 2.24) is 50.1 Å². The van der Waals surface area contributed by atoms with Crippen LogP contribution in [-0.2, 0) is 25.7 Å². The molecule has 14 nitrogen and oxygen atoms in total. The molecule has 0 aliphatic carbocycles. The quantitative estimate of drug-likeness (QED) is 0.165. The Morgan fingerprint density at radius 3 is 2.04 bits per heavy atom. The Kier molecular flexibility index (Phi) is 8.97. The maximum atomic E-state index is 11.4. The van der Waals surface area contributed by atoms with E-state index in [2.05, 4.69) is 97.6 Å². The largest absolute Gasteiger partial charge is 0.434 e. The monoisotopic (exact) mass is 784 g/mol. The number of rotatable bonds is 8. The minimum Gasteiger partial charge on any atom is -0.387 e. The molecular weight excluding hydrogens is 749 g/mol. The van der Waals surface area contributed by atoms with Crippen LogP contribution in [0, 0.1) is 0 Å². The number of hydrogen-bond donors (Lipinski definition) is 1. The zero-order valence-corrected chi connectivity index (χ0v) is 32.3. The van der Waals surface area contributed by atoms with Gasteiger partial charge in [0.25, 0.3) is 17.0 Å². The lowest BCUT2D eigenvalue weighted by atomic mass is 10.1. The number of thiazole rings is 2. The van der Waals surface area contributed by atoms with E-state index in [1.807, 2.05) is 17.6 Å². The number of H-pyrrole nitrogens is 1. The molecule has 0 amide bonds. The number of benzene rings is 2. The SMILES string of the molecule is C[C@H](c1ccc2sc(Oc3nnc(-c4ccc5c(n4)CCN([C@@H](C)c4ccc6scnc6c4)CC5)o3)nc2c1)N1CCc2ccc(-c3n[nH]c(=O)o3)nc2CC1. The average Bonchev–Trinajstić information content (AvgIpc) is 4.01. The van der Waals surface area contributed by atoms with Gasteiger partial charge in [-0.25, -0.2) is 29.8 Å². The molecule has 0 saturated heterocycles. The molecule has 2 aliphatic rings. The van der Waals surface area contributed by atoms with Crippen LogP contribution in [-0.4, -0.2) is 76.3 Å². The van der Waals surface area contributed by atoms with Gasteiger partial charge < -0.3 is 13.6 Å². The summed E-state index contributed by atoms with van der Waals surface area (Å²) in [4.78, 5) is 35.5. The summed E-state index contributed by atoms with van der Waals surface area (Å²) in [7, 11) is 0. The van der Waals surface area contributed by atoms with Gasteiger partial charge in [0.05, 0.1) is 25.9 Å². The third kappa shape index (κ3) is 6.78. The van der Waals surface area contributed by atoms with Crippen molar-refractivity contribution in [2.75, 3.05) is 26.2 Å². The Morgan fingerprint density at radius 2 is 1.36 bits per heavy atom. The Balaban J connectivity index is 0.787. The van der Waals surface area contributed by atoms with Crippen molar-refractivity contribution in [3.8, 4) is 34.4 Å². The summed E-state index contributed by atoms with van der Waals surface area (Å²) in [6.07, 6.45) is 3.41. The molecule has 6 aromatic heterocycles. The smallest absolute Gasteiger partial charge is 0.387 e. The first-order chi connectivity index (χ1) is 27.4. The van der Waals surface area contributed by atoms with E-state index in [-0.39, 0.29) is 24.1 Å². The van der Waals surface area contributed by atoms with Crippen molar-refractivity contribution in [2.45, 2.75) is 51.6 Å². The average molecular weight is 785 g/mol. The van der Waals surface area contributed by atoms with E-state index >= 15 is 0 Å². The number of pyridine rings is 2. The topological polar surface area (TPSA) is 165 Å². The maximum Gasteiger partial charge on any atom is 0.434 e. The molecule has 0 fully saturated rings. The molecular formula is C40H36N10O4S2. The molecule has 8 aromatic rings. The van der Waals surface area contributed by atoms with Crippen molar-refractivity contribution in [2.24, 2.45) is 0 Å². The number of hydrogen-bond acceptors (Lipinski definition) is 15. The highest BCUT2D eigenvalue weighted by Crippen LogP contribution is 2.35. The molecule has 0 bridgehead atoms. The van der Waals surface area contributed by atoms with Crippen LogP contribution >= 0.6 is 22.7 Å². The Labute approximate surface area is 328 Å². The van der Waals surface area contributed by atoms with Gasteiger partial charge in [-0.1, -0.05) is 40.7 Å². The maximum absolute atomic E-state index is 11.4. The molecule has 0 spiro atoms. The highest BCUT2D eigenvalue weighted by atomic mass is 32.1. The van der Waals surface area contributed by atoms with Crippen molar-refractivity contribution < 1.29 is 13.6 Å². The van der Waals surface area contributed by atoms with Crippen molar-refractivity contribution >= 4 is 43.1 Å². The second kappa shape index (κ2) is 14.4. The van der Waals surface area contributed by atoms with Crippen LogP contribution in [0.25, 0.3) is 43.6 Å². The van der Waals surface area contributed by atoms with Crippen LogP contribution in [0.15, 0.2) is 79.8 Å². The van der Waals surface area contributed by atoms with E-state index < -0.39 is 5.76 Å². The summed E-state index contributed by atoms with van der Waals surface area (Å²) in [6.45, 7) is 8.06. The standard InChI is InChI=1S/C40H36N10O4S2/c1-22(26-5-9-34-32(19-26)41-21-55-34)49-15-11-25-4-8-31(43-29(25)14-17-49)37-46-48-39(53-37)54-40-44-33-20-27(6-10-35(33)56-40)23(2)50-16-12-24-3-7-30(42-28(24)13-18-50)36-45-47-38(51)52-36/h3-10,19-23H,11-18H2,1-2H3,(H,47,51)/t22-,23+/m0/s1. The highest BCUT2D eigenvalue weighted by molar-refractivity contribution is 7.20. The highest BCUT2D eigenvalue weighted by Gasteiger charge is 2.25. The first-order valence-electron chi connectivity index (χ1n) is 18.7. The summed E-state index contributed by atoms with van der Waals surface area (Å²) in [6, 6.07) is 21.4. The van der Waals surface area contributed by atoms with Crippen molar-refractivity contribution in [3.63, 3.8) is 0 Å². The molecule has 0 unspecified atom stereocenters. The Bertz CT molecular complexity index is 2770. The van der Waals surface area contributed by atoms with Gasteiger partial charge in [-0.15, -0.1) is 21.5 Å². The van der Waals surface area contributed by atoms with Gasteiger partial charge in [0.15, 0.2) is 0 Å². The number of ether oxygens (including phenoxy) is 1. The van der Waals surface area contributed by atoms with E-state index in [4.69, 9.17) is 28.5 Å². The van der Waals surface area contributed by atoms with Crippen LogP contribution in [0.3, 0.4) is 0 Å². The third-order valence-corrected chi connectivity index (χ3v) is 12.7. The first-order valence-corrected chi connectivity index (χ1v) is 20.4. The summed E-state index contributed by atoms with van der Waals surface area (Å²) >= 11 is 3.10. The van der Waals surface area contributed by atoms with E-state index in [0.717, 1.165) is 84.5 Å². The van der Waals surface area contributed by atoms with E-state index in [9.17, 15) is 4.79 Å². The molecule has 56 heavy (non-hydrogen) atoms. The number of aromatic nitrogens is 8. The summed E-state index contributed by atoms with van der Waals surface area (Å²) in [5.41, 5.74) is 11.9. The predicted molar refractivity (Wildman–Crippen MR) is 212 cm³/mol. The minimum atomic E-state index is -0.592. The van der Waals surface area contributed by atoms with Gasteiger partial charge in [0, 0.05) is 62.5 Å². The summed E-state index contributed by atoms with van der Waals surface area (Å²) in [5.74, 6) is -0.0798. The summed E-state index contributed by atoms with van der Waals surface area (Å²) in [5, 5.41) is 15.1. The number of fused-ring (bicyclic) bond motifs is 4. The lowest BCUT2D eigenvalue weighted by molar-refractivity contribution is 0.221.